The van der Waals surface area contributed by atoms with Crippen molar-refractivity contribution in [2.75, 3.05) is 13.1 Å². The lowest BCUT2D eigenvalue weighted by Gasteiger charge is -2.41. The van der Waals surface area contributed by atoms with Crippen LogP contribution in [0.4, 0.5) is 4.39 Å². The molecule has 0 saturated carbocycles. The lowest BCUT2D eigenvalue weighted by Crippen LogP contribution is -2.63. The van der Waals surface area contributed by atoms with Gasteiger partial charge >= 0.3 is 0 Å². The first kappa shape index (κ1) is 13.8. The highest BCUT2D eigenvalue weighted by atomic mass is 35.5. The molecule has 1 fully saturated rings. The van der Waals surface area contributed by atoms with E-state index in [9.17, 15) is 14.0 Å². The van der Waals surface area contributed by atoms with Crippen LogP contribution in [0.2, 0.25) is 5.02 Å². The zero-order valence-electron chi connectivity index (χ0n) is 10.7. The molecule has 0 unspecified atom stereocenters. The van der Waals surface area contributed by atoms with Crippen LogP contribution in [0.1, 0.15) is 24.2 Å². The molecular weight excluding hydrogens is 271 g/mol. The molecule has 1 N–H and O–H groups in total. The van der Waals surface area contributed by atoms with Crippen LogP contribution in [0.25, 0.3) is 0 Å². The number of piperazine rings is 1. The Labute approximate surface area is 115 Å². The summed E-state index contributed by atoms with van der Waals surface area (Å²) in [6.07, 6.45) is 0. The second kappa shape index (κ2) is 4.81. The lowest BCUT2D eigenvalue weighted by molar-refractivity contribution is -0.133. The Morgan fingerprint density at radius 3 is 2.79 bits per heavy atom. The predicted molar refractivity (Wildman–Crippen MR) is 69.5 cm³/mol. The van der Waals surface area contributed by atoms with Gasteiger partial charge in [-0.15, -0.1) is 0 Å². The topological polar surface area (TPSA) is 49.4 Å². The summed E-state index contributed by atoms with van der Waals surface area (Å²) in [4.78, 5) is 25.6. The Morgan fingerprint density at radius 1 is 1.47 bits per heavy atom. The van der Waals surface area contributed by atoms with Crippen molar-refractivity contribution >= 4 is 23.4 Å². The van der Waals surface area contributed by atoms with Crippen LogP contribution in [0.3, 0.4) is 0 Å². The quantitative estimate of drug-likeness (QED) is 0.855. The van der Waals surface area contributed by atoms with Crippen LogP contribution in [-0.2, 0) is 4.79 Å². The zero-order chi connectivity index (χ0) is 14.2. The molecule has 1 aliphatic heterocycles. The number of rotatable bonds is 1. The highest BCUT2D eigenvalue weighted by molar-refractivity contribution is 6.33. The number of nitrogens with one attached hydrogen (secondary N) is 1. The van der Waals surface area contributed by atoms with E-state index in [0.717, 1.165) is 0 Å². The van der Waals surface area contributed by atoms with Crippen LogP contribution >= 0.6 is 11.6 Å². The van der Waals surface area contributed by atoms with Gasteiger partial charge in [0.15, 0.2) is 0 Å². The van der Waals surface area contributed by atoms with E-state index in [1.54, 1.807) is 13.8 Å². The van der Waals surface area contributed by atoms with Crippen molar-refractivity contribution in [3.63, 3.8) is 0 Å². The summed E-state index contributed by atoms with van der Waals surface area (Å²) in [5, 5.41) is 2.73. The van der Waals surface area contributed by atoms with E-state index in [0.29, 0.717) is 13.1 Å². The van der Waals surface area contributed by atoms with Gasteiger partial charge in [-0.25, -0.2) is 4.39 Å². The minimum absolute atomic E-state index is 0.0479. The number of halogens is 2. The molecule has 0 aliphatic carbocycles. The van der Waals surface area contributed by atoms with Crippen LogP contribution < -0.4 is 5.32 Å². The van der Waals surface area contributed by atoms with Crippen LogP contribution in [0.15, 0.2) is 18.2 Å². The number of nitrogens with zero attached hydrogens (tertiary/aromatic N) is 1. The molecule has 0 radical (unpaired) electrons. The molecule has 1 saturated heterocycles. The third kappa shape index (κ3) is 2.30. The largest absolute Gasteiger partial charge is 0.352 e. The van der Waals surface area contributed by atoms with E-state index in [4.69, 9.17) is 11.6 Å². The van der Waals surface area contributed by atoms with Crippen molar-refractivity contribution in [3.8, 4) is 0 Å². The summed E-state index contributed by atoms with van der Waals surface area (Å²) < 4.78 is 13.8. The summed E-state index contributed by atoms with van der Waals surface area (Å²) in [6, 6.07) is 4.06. The molecule has 2 rings (SSSR count). The van der Waals surface area contributed by atoms with E-state index in [-0.39, 0.29) is 16.5 Å². The third-order valence-electron chi connectivity index (χ3n) is 3.27. The smallest absolute Gasteiger partial charge is 0.259 e. The normalized spacial score (nSPS) is 18.1. The molecule has 0 aromatic heterocycles. The molecule has 19 heavy (non-hydrogen) atoms. The van der Waals surface area contributed by atoms with E-state index in [2.05, 4.69) is 5.32 Å². The highest BCUT2D eigenvalue weighted by Crippen LogP contribution is 2.26. The van der Waals surface area contributed by atoms with Crippen LogP contribution in [0.5, 0.6) is 0 Å². The molecule has 4 nitrogen and oxygen atoms in total. The first-order valence-electron chi connectivity index (χ1n) is 5.90. The van der Waals surface area contributed by atoms with Crippen molar-refractivity contribution in [2.45, 2.75) is 19.4 Å². The van der Waals surface area contributed by atoms with Crippen molar-refractivity contribution in [2.24, 2.45) is 0 Å². The molecule has 1 heterocycles. The Kier molecular flexibility index (Phi) is 3.49. The zero-order valence-corrected chi connectivity index (χ0v) is 11.4. The summed E-state index contributed by atoms with van der Waals surface area (Å²) in [6.45, 7) is 3.91. The number of hydrogen-bond donors (Lipinski definition) is 1. The Morgan fingerprint density at radius 2 is 2.16 bits per heavy atom. The fourth-order valence-corrected chi connectivity index (χ4v) is 2.34. The van der Waals surface area contributed by atoms with Gasteiger partial charge in [-0.3, -0.25) is 9.59 Å². The maximum absolute atomic E-state index is 13.8. The minimum Gasteiger partial charge on any atom is -0.352 e. The number of carbonyl (C=O) groups excluding carboxylic acids is 2. The monoisotopic (exact) mass is 284 g/mol. The Bertz CT molecular complexity index is 525. The predicted octanol–water partition coefficient (Wildman–Crippen LogP) is 1.83. The average molecular weight is 285 g/mol. The Balaban J connectivity index is 2.41. The second-order valence-corrected chi connectivity index (χ2v) is 5.28. The maximum Gasteiger partial charge on any atom is 0.259 e. The molecule has 2 amide bonds. The van der Waals surface area contributed by atoms with Crippen molar-refractivity contribution in [1.29, 1.82) is 0 Å². The molecular formula is C13H14ClFN2O2. The van der Waals surface area contributed by atoms with Gasteiger partial charge in [0.25, 0.3) is 5.91 Å². The fraction of sp³-hybridized carbons (Fsp3) is 0.385. The molecule has 1 aliphatic rings. The standard InChI is InChI=1S/C13H14ClFN2O2/c1-13(2)12(19)16-6-7-17(13)11(18)10-8(14)4-3-5-9(10)15/h3-5H,6-7H2,1-2H3,(H,16,19). The SMILES string of the molecule is CC1(C)C(=O)NCCN1C(=O)c1c(F)cccc1Cl. The summed E-state index contributed by atoms with van der Waals surface area (Å²) in [5.41, 5.74) is -1.21. The first-order valence-corrected chi connectivity index (χ1v) is 6.28. The number of carbonyl (C=O) groups is 2. The first-order chi connectivity index (χ1) is 8.85. The second-order valence-electron chi connectivity index (χ2n) is 4.87. The van der Waals surface area contributed by atoms with Crippen molar-refractivity contribution in [1.82, 2.24) is 10.2 Å². The van der Waals surface area contributed by atoms with Gasteiger partial charge in [0.1, 0.15) is 11.4 Å². The number of benzene rings is 1. The van der Waals surface area contributed by atoms with Gasteiger partial charge in [0, 0.05) is 13.1 Å². The summed E-state index contributed by atoms with van der Waals surface area (Å²) >= 11 is 5.89. The van der Waals surface area contributed by atoms with E-state index < -0.39 is 17.3 Å². The molecule has 102 valence electrons. The van der Waals surface area contributed by atoms with Crippen LogP contribution in [-0.4, -0.2) is 35.3 Å². The van der Waals surface area contributed by atoms with Gasteiger partial charge in [-0.1, -0.05) is 17.7 Å². The van der Waals surface area contributed by atoms with Gasteiger partial charge in [0.2, 0.25) is 5.91 Å². The van der Waals surface area contributed by atoms with Crippen molar-refractivity contribution < 1.29 is 14.0 Å². The lowest BCUT2D eigenvalue weighted by atomic mass is 9.97. The molecule has 1 aromatic carbocycles. The molecule has 6 heteroatoms. The van der Waals surface area contributed by atoms with Gasteiger partial charge in [-0.2, -0.15) is 0 Å². The molecule has 1 aromatic rings. The van der Waals surface area contributed by atoms with E-state index >= 15 is 0 Å². The molecule has 0 atom stereocenters. The third-order valence-corrected chi connectivity index (χ3v) is 3.59. The van der Waals surface area contributed by atoms with Crippen molar-refractivity contribution in [3.05, 3.63) is 34.6 Å². The van der Waals surface area contributed by atoms with E-state index in [1.807, 2.05) is 0 Å². The Hall–Kier alpha value is -1.62. The van der Waals surface area contributed by atoms with Gasteiger partial charge in [0.05, 0.1) is 10.6 Å². The van der Waals surface area contributed by atoms with E-state index in [1.165, 1.54) is 23.1 Å². The van der Waals surface area contributed by atoms with Gasteiger partial charge < -0.3 is 10.2 Å². The van der Waals surface area contributed by atoms with Gasteiger partial charge in [-0.05, 0) is 26.0 Å². The maximum atomic E-state index is 13.8. The fourth-order valence-electron chi connectivity index (χ4n) is 2.09. The summed E-state index contributed by atoms with van der Waals surface area (Å²) in [5.74, 6) is -1.51. The number of amides is 2. The molecule has 0 bridgehead atoms. The minimum atomic E-state index is -1.03. The number of hydrogen-bond acceptors (Lipinski definition) is 2. The summed E-state index contributed by atoms with van der Waals surface area (Å²) in [7, 11) is 0. The highest BCUT2D eigenvalue weighted by Gasteiger charge is 2.41. The molecule has 0 spiro atoms. The average Bonchev–Trinajstić information content (AvgIpc) is 2.32. The van der Waals surface area contributed by atoms with Crippen LogP contribution in [0, 0.1) is 5.82 Å².